The van der Waals surface area contributed by atoms with Crippen molar-refractivity contribution in [2.45, 2.75) is 11.3 Å². The number of para-hydroxylation sites is 1. The Kier molecular flexibility index (Phi) is 7.79. The number of hydrogen-bond donors (Lipinski definition) is 2. The first-order valence-corrected chi connectivity index (χ1v) is 10.5. The number of benzene rings is 2. The van der Waals surface area contributed by atoms with E-state index in [2.05, 4.69) is 10.6 Å². The minimum Gasteiger partial charge on any atom is -0.496 e. The lowest BCUT2D eigenvalue weighted by Gasteiger charge is -2.15. The maximum atomic E-state index is 12.3. The molecule has 0 aromatic heterocycles. The SMILES string of the molecule is COc1ccc(S(=O)(=O)N(C)C)cc1NC(=O)CCNC(=O)c1ccccc1OC. The summed E-state index contributed by atoms with van der Waals surface area (Å²) in [5.41, 5.74) is 0.588. The second-order valence-electron chi connectivity index (χ2n) is 6.40. The molecule has 2 N–H and O–H groups in total. The smallest absolute Gasteiger partial charge is 0.255 e. The number of methoxy groups -OCH3 is 2. The number of carbonyl (C=O) groups is 2. The van der Waals surface area contributed by atoms with Gasteiger partial charge in [0.15, 0.2) is 0 Å². The van der Waals surface area contributed by atoms with E-state index < -0.39 is 15.9 Å². The van der Waals surface area contributed by atoms with E-state index in [1.165, 1.54) is 46.5 Å². The molecule has 0 spiro atoms. The van der Waals surface area contributed by atoms with Gasteiger partial charge in [-0.15, -0.1) is 0 Å². The zero-order valence-corrected chi connectivity index (χ0v) is 18.1. The summed E-state index contributed by atoms with van der Waals surface area (Å²) in [6, 6.07) is 11.0. The number of rotatable bonds is 9. The Morgan fingerprint density at radius 2 is 1.67 bits per heavy atom. The maximum Gasteiger partial charge on any atom is 0.255 e. The highest BCUT2D eigenvalue weighted by atomic mass is 32.2. The molecule has 0 saturated carbocycles. The van der Waals surface area contributed by atoms with Crippen molar-refractivity contribution >= 4 is 27.5 Å². The molecule has 0 fully saturated rings. The lowest BCUT2D eigenvalue weighted by atomic mass is 10.2. The number of sulfonamides is 1. The van der Waals surface area contributed by atoms with E-state index in [4.69, 9.17) is 9.47 Å². The third kappa shape index (κ3) is 5.49. The van der Waals surface area contributed by atoms with Crippen molar-refractivity contribution in [2.24, 2.45) is 0 Å². The highest BCUT2D eigenvalue weighted by Crippen LogP contribution is 2.28. The minimum atomic E-state index is -3.67. The molecular weight excluding hydrogens is 410 g/mol. The van der Waals surface area contributed by atoms with Gasteiger partial charge in [0.05, 0.1) is 30.4 Å². The average Bonchev–Trinajstić information content (AvgIpc) is 2.73. The largest absolute Gasteiger partial charge is 0.496 e. The molecule has 30 heavy (non-hydrogen) atoms. The average molecular weight is 436 g/mol. The number of nitrogens with zero attached hydrogens (tertiary/aromatic N) is 1. The number of hydrogen-bond acceptors (Lipinski definition) is 6. The molecule has 2 amide bonds. The third-order valence-corrected chi connectivity index (χ3v) is 6.02. The first-order chi connectivity index (χ1) is 14.2. The van der Waals surface area contributed by atoms with Gasteiger partial charge >= 0.3 is 0 Å². The Morgan fingerprint density at radius 1 is 1.00 bits per heavy atom. The topological polar surface area (TPSA) is 114 Å². The van der Waals surface area contributed by atoms with Crippen LogP contribution in [0.15, 0.2) is 47.4 Å². The van der Waals surface area contributed by atoms with Gasteiger partial charge in [0.1, 0.15) is 11.5 Å². The fourth-order valence-electron chi connectivity index (χ4n) is 2.59. The van der Waals surface area contributed by atoms with Crippen molar-refractivity contribution in [3.05, 3.63) is 48.0 Å². The van der Waals surface area contributed by atoms with E-state index in [1.54, 1.807) is 24.3 Å². The number of amides is 2. The fraction of sp³-hybridized carbons (Fsp3) is 0.300. The van der Waals surface area contributed by atoms with E-state index >= 15 is 0 Å². The molecule has 0 unspecified atom stereocenters. The summed E-state index contributed by atoms with van der Waals surface area (Å²) >= 11 is 0. The molecular formula is C20H25N3O6S. The van der Waals surface area contributed by atoms with Crippen LogP contribution in [0, 0.1) is 0 Å². The molecule has 0 saturated heterocycles. The van der Waals surface area contributed by atoms with Crippen LogP contribution in [0.4, 0.5) is 5.69 Å². The third-order valence-electron chi connectivity index (χ3n) is 4.21. The summed E-state index contributed by atoms with van der Waals surface area (Å²) < 4.78 is 36.1. The summed E-state index contributed by atoms with van der Waals surface area (Å²) in [6.07, 6.45) is -0.0191. The van der Waals surface area contributed by atoms with Crippen LogP contribution >= 0.6 is 0 Å². The van der Waals surface area contributed by atoms with E-state index in [1.807, 2.05) is 0 Å². The zero-order valence-electron chi connectivity index (χ0n) is 17.3. The summed E-state index contributed by atoms with van der Waals surface area (Å²) in [6.45, 7) is 0.0840. The molecule has 2 aromatic rings. The van der Waals surface area contributed by atoms with Crippen LogP contribution in [0.2, 0.25) is 0 Å². The van der Waals surface area contributed by atoms with Crippen LogP contribution in [0.3, 0.4) is 0 Å². The molecule has 9 nitrogen and oxygen atoms in total. The monoisotopic (exact) mass is 435 g/mol. The lowest BCUT2D eigenvalue weighted by molar-refractivity contribution is -0.116. The summed E-state index contributed by atoms with van der Waals surface area (Å²) in [5.74, 6) is -0.0212. The zero-order chi connectivity index (χ0) is 22.3. The Bertz CT molecular complexity index is 1020. The van der Waals surface area contributed by atoms with Crippen LogP contribution in [-0.2, 0) is 14.8 Å². The Labute approximate surface area is 176 Å². The number of ether oxygens (including phenoxy) is 2. The summed E-state index contributed by atoms with van der Waals surface area (Å²) in [4.78, 5) is 24.6. The van der Waals surface area contributed by atoms with Crippen LogP contribution in [-0.4, -0.2) is 59.4 Å². The van der Waals surface area contributed by atoms with E-state index in [9.17, 15) is 18.0 Å². The molecule has 0 atom stereocenters. The van der Waals surface area contributed by atoms with Crippen LogP contribution in [0.25, 0.3) is 0 Å². The van der Waals surface area contributed by atoms with Gasteiger partial charge in [0, 0.05) is 27.1 Å². The van der Waals surface area contributed by atoms with Gasteiger partial charge in [-0.05, 0) is 30.3 Å². The molecule has 0 aliphatic heterocycles. The van der Waals surface area contributed by atoms with E-state index in [0.717, 1.165) is 4.31 Å². The van der Waals surface area contributed by atoms with Gasteiger partial charge in [-0.2, -0.15) is 0 Å². The Hall–Kier alpha value is -3.11. The van der Waals surface area contributed by atoms with Crippen LogP contribution in [0.1, 0.15) is 16.8 Å². The molecule has 0 aliphatic rings. The molecule has 162 valence electrons. The van der Waals surface area contributed by atoms with E-state index in [-0.39, 0.29) is 29.5 Å². The first kappa shape index (κ1) is 23.2. The lowest BCUT2D eigenvalue weighted by Crippen LogP contribution is -2.28. The van der Waals surface area contributed by atoms with E-state index in [0.29, 0.717) is 17.1 Å². The van der Waals surface area contributed by atoms with Crippen molar-refractivity contribution in [3.8, 4) is 11.5 Å². The molecule has 10 heteroatoms. The predicted octanol–water partition coefficient (Wildman–Crippen LogP) is 1.71. The van der Waals surface area contributed by atoms with Crippen LogP contribution < -0.4 is 20.1 Å². The van der Waals surface area contributed by atoms with Gasteiger partial charge < -0.3 is 20.1 Å². The van der Waals surface area contributed by atoms with Crippen LogP contribution in [0.5, 0.6) is 11.5 Å². The van der Waals surface area contributed by atoms with Crippen molar-refractivity contribution in [1.29, 1.82) is 0 Å². The fourth-order valence-corrected chi connectivity index (χ4v) is 3.51. The van der Waals surface area contributed by atoms with Gasteiger partial charge in [0.25, 0.3) is 5.91 Å². The van der Waals surface area contributed by atoms with Gasteiger partial charge in [0.2, 0.25) is 15.9 Å². The molecule has 2 rings (SSSR count). The molecule has 0 bridgehead atoms. The van der Waals surface area contributed by atoms with Crippen molar-refractivity contribution in [1.82, 2.24) is 9.62 Å². The Morgan fingerprint density at radius 3 is 2.30 bits per heavy atom. The van der Waals surface area contributed by atoms with Gasteiger partial charge in [-0.1, -0.05) is 12.1 Å². The molecule has 0 heterocycles. The van der Waals surface area contributed by atoms with Crippen molar-refractivity contribution in [3.63, 3.8) is 0 Å². The quantitative estimate of drug-likeness (QED) is 0.620. The molecule has 2 aromatic carbocycles. The molecule has 0 aliphatic carbocycles. The van der Waals surface area contributed by atoms with Gasteiger partial charge in [-0.3, -0.25) is 9.59 Å². The second-order valence-corrected chi connectivity index (χ2v) is 8.56. The van der Waals surface area contributed by atoms with Crippen molar-refractivity contribution < 1.29 is 27.5 Å². The second kappa shape index (κ2) is 10.1. The number of nitrogens with one attached hydrogen (secondary N) is 2. The number of carbonyl (C=O) groups excluding carboxylic acids is 2. The predicted molar refractivity (Wildman–Crippen MR) is 112 cm³/mol. The number of anilines is 1. The van der Waals surface area contributed by atoms with Crippen molar-refractivity contribution in [2.75, 3.05) is 40.2 Å². The summed E-state index contributed by atoms with van der Waals surface area (Å²) in [5, 5.41) is 5.28. The molecule has 0 radical (unpaired) electrons. The summed E-state index contributed by atoms with van der Waals surface area (Å²) in [7, 11) is 2.05. The maximum absolute atomic E-state index is 12.3. The highest BCUT2D eigenvalue weighted by molar-refractivity contribution is 7.89. The Balaban J connectivity index is 2.03. The van der Waals surface area contributed by atoms with Gasteiger partial charge in [-0.25, -0.2) is 12.7 Å². The minimum absolute atomic E-state index is 0.0191. The standard InChI is InChI=1S/C20H25N3O6S/c1-23(2)30(26,27)14-9-10-18(29-4)16(13-14)22-19(24)11-12-21-20(25)15-7-5-6-8-17(15)28-3/h5-10,13H,11-12H2,1-4H3,(H,21,25)(H,22,24). The highest BCUT2D eigenvalue weighted by Gasteiger charge is 2.20. The first-order valence-electron chi connectivity index (χ1n) is 9.02. The normalized spacial score (nSPS) is 11.1.